The van der Waals surface area contributed by atoms with Crippen LogP contribution in [0, 0.1) is 6.85 Å². The number of aryl methyl sites for hydroxylation is 1. The van der Waals surface area contributed by atoms with Crippen LogP contribution in [-0.4, -0.2) is 99.6 Å². The van der Waals surface area contributed by atoms with E-state index >= 15 is 0 Å². The Morgan fingerprint density at radius 1 is 1.18 bits per heavy atom. The fraction of sp³-hybridized carbons (Fsp3) is 0.261. The van der Waals surface area contributed by atoms with Gasteiger partial charge >= 0.3 is 0 Å². The van der Waals surface area contributed by atoms with Gasteiger partial charge < -0.3 is 19.5 Å². The van der Waals surface area contributed by atoms with Crippen LogP contribution in [0.2, 0.25) is 0 Å². The number of ether oxygens (including phenoxy) is 1. The zero-order valence-electron chi connectivity index (χ0n) is 31.1. The zero-order valence-corrected chi connectivity index (χ0v) is 19.1. The number of nitrogens with one attached hydrogen (secondary N) is 1. The number of fused-ring (bicyclic) bond motifs is 1. The largest absolute Gasteiger partial charge is 0.494 e. The third-order valence-corrected chi connectivity index (χ3v) is 5.23. The number of Topliss-reactive ketones (excluding diaryl/α,β-unsaturated/α-hetero) is 1. The first-order chi connectivity index (χ1) is 23.2. The van der Waals surface area contributed by atoms with Gasteiger partial charge in [-0.1, -0.05) is 11.2 Å². The summed E-state index contributed by atoms with van der Waals surface area (Å²) in [5.41, 5.74) is -0.721. The van der Waals surface area contributed by atoms with Gasteiger partial charge in [0.25, 0.3) is 17.6 Å². The molecule has 38 heavy (non-hydrogen) atoms. The second-order valence-electron chi connectivity index (χ2n) is 7.38. The lowest BCUT2D eigenvalue weighted by atomic mass is 10.1. The summed E-state index contributed by atoms with van der Waals surface area (Å²) in [6.45, 7) is -17.7. The molecule has 0 aliphatic carbocycles. The normalized spacial score (nSPS) is 24.0. The Hall–Kier alpha value is -5.21. The molecule has 1 amide bonds. The topological polar surface area (TPSA) is 166 Å². The summed E-state index contributed by atoms with van der Waals surface area (Å²) in [5, 5.41) is 14.3. The third-order valence-electron chi connectivity index (χ3n) is 5.23. The maximum atomic E-state index is 13.9. The van der Waals surface area contributed by atoms with Gasteiger partial charge in [0.15, 0.2) is 11.6 Å². The molecule has 1 aliphatic rings. The highest BCUT2D eigenvalue weighted by Gasteiger charge is 2.31. The summed E-state index contributed by atoms with van der Waals surface area (Å²) in [4.78, 5) is 41.8. The molecule has 6 heterocycles. The highest BCUT2D eigenvalue weighted by molar-refractivity contribution is 6.45. The first kappa shape index (κ1) is 13.4. The van der Waals surface area contributed by atoms with E-state index in [1.54, 1.807) is 0 Å². The zero-order chi connectivity index (χ0) is 36.8. The van der Waals surface area contributed by atoms with E-state index in [4.69, 9.17) is 21.2 Å². The van der Waals surface area contributed by atoms with Crippen molar-refractivity contribution in [2.45, 2.75) is 6.85 Å². The minimum Gasteiger partial charge on any atom is -0.494 e. The molecule has 15 heteroatoms. The Labute approximate surface area is 231 Å². The molecular formula is C23H22N12O3. The van der Waals surface area contributed by atoms with E-state index in [0.29, 0.717) is 0 Å². The lowest BCUT2D eigenvalue weighted by Gasteiger charge is -2.34. The number of carbonyl (C=O) groups excluding carboxylic acids is 2. The van der Waals surface area contributed by atoms with Crippen LogP contribution in [0.5, 0.6) is 5.75 Å². The van der Waals surface area contributed by atoms with Crippen LogP contribution in [-0.2, 0) is 4.79 Å². The van der Waals surface area contributed by atoms with E-state index in [-0.39, 0.29) is 33.2 Å². The summed E-state index contributed by atoms with van der Waals surface area (Å²) < 4.78 is 107. The van der Waals surface area contributed by atoms with Crippen LogP contribution < -0.4 is 9.64 Å². The molecule has 0 unspecified atom stereocenters. The van der Waals surface area contributed by atoms with Crippen LogP contribution >= 0.6 is 0 Å². The van der Waals surface area contributed by atoms with Crippen LogP contribution in [0.25, 0.3) is 22.5 Å². The number of methoxy groups -OCH3 is 1. The molecule has 6 rings (SSSR count). The minimum absolute atomic E-state index is 0.000310. The molecule has 1 aliphatic heterocycles. The average molecular weight is 527 g/mol. The first-order valence-electron chi connectivity index (χ1n) is 16.6. The van der Waals surface area contributed by atoms with E-state index in [1.165, 1.54) is 31.5 Å². The molecule has 15 nitrogen and oxygen atoms in total. The fourth-order valence-corrected chi connectivity index (χ4v) is 3.55. The van der Waals surface area contributed by atoms with Crippen LogP contribution in [0.15, 0.2) is 43.1 Å². The highest BCUT2D eigenvalue weighted by atomic mass is 16.5. The number of tetrazole rings is 1. The fourth-order valence-electron chi connectivity index (χ4n) is 3.55. The van der Waals surface area contributed by atoms with Crippen LogP contribution in [0.3, 0.4) is 0 Å². The van der Waals surface area contributed by atoms with Crippen molar-refractivity contribution in [3.05, 3.63) is 54.5 Å². The number of aromatic nitrogens is 10. The van der Waals surface area contributed by atoms with Gasteiger partial charge in [-0.3, -0.25) is 9.59 Å². The number of hydrogen-bond acceptors (Lipinski definition) is 11. The molecule has 1 fully saturated rings. The summed E-state index contributed by atoms with van der Waals surface area (Å²) in [6, 6.07) is 4.40. The van der Waals surface area contributed by atoms with Gasteiger partial charge in [0, 0.05) is 42.5 Å². The number of carbonyl (C=O) groups is 2. The Balaban J connectivity index is 1.46. The Bertz CT molecular complexity index is 2120. The molecule has 192 valence electrons. The lowest BCUT2D eigenvalue weighted by Crippen LogP contribution is -2.51. The third kappa shape index (κ3) is 3.89. The van der Waals surface area contributed by atoms with Gasteiger partial charge in [-0.2, -0.15) is 9.78 Å². The van der Waals surface area contributed by atoms with Crippen molar-refractivity contribution in [3.8, 4) is 17.4 Å². The number of aromatic amines is 1. The Morgan fingerprint density at radius 3 is 2.79 bits per heavy atom. The molecule has 5 aromatic rings. The van der Waals surface area contributed by atoms with Crippen molar-refractivity contribution in [1.29, 1.82) is 0 Å². The standard InChI is InChI=1S/C23H22N12O3/c1-14-27-13-34(29-14)21-19-18(16(38-2)12-26-21)15(11-25-19)20(36)22(37)32-7-9-33(10-8-32)23-28-30-31-35(23)17-5-3-4-6-24-17/h3-6,11-13,25H,7-10H2,1-2H3/i1D3,7D2,8D2,9D2,10D2,13D. The van der Waals surface area contributed by atoms with Gasteiger partial charge in [-0.15, -0.1) is 0 Å². The van der Waals surface area contributed by atoms with Crippen LogP contribution in [0.4, 0.5) is 5.95 Å². The minimum atomic E-state index is -3.80. The number of H-pyrrole nitrogens is 1. The maximum Gasteiger partial charge on any atom is 0.295 e. The Kier molecular flexibility index (Phi) is 3.29. The van der Waals surface area contributed by atoms with E-state index in [1.807, 2.05) is 0 Å². The van der Waals surface area contributed by atoms with Gasteiger partial charge in [0.05, 0.1) is 40.7 Å². The molecule has 5 aromatic heterocycles. The Morgan fingerprint density at radius 2 is 2.05 bits per heavy atom. The molecule has 0 saturated carbocycles. The van der Waals surface area contributed by atoms with Crippen molar-refractivity contribution in [2.24, 2.45) is 0 Å². The van der Waals surface area contributed by atoms with E-state index in [2.05, 4.69) is 40.6 Å². The van der Waals surface area contributed by atoms with Gasteiger partial charge in [-0.05, 0) is 29.4 Å². The van der Waals surface area contributed by atoms with Crippen molar-refractivity contribution >= 4 is 28.5 Å². The van der Waals surface area contributed by atoms with Crippen molar-refractivity contribution in [3.63, 3.8) is 0 Å². The van der Waals surface area contributed by atoms with Gasteiger partial charge in [0.1, 0.15) is 19.2 Å². The summed E-state index contributed by atoms with van der Waals surface area (Å²) in [5.74, 6) is -5.61. The molecular weight excluding hydrogens is 492 g/mol. The quantitative estimate of drug-likeness (QED) is 0.240. The number of rotatable bonds is 6. The lowest BCUT2D eigenvalue weighted by molar-refractivity contribution is -0.126. The SMILES string of the molecule is [2H]c1nc(C([2H])([2H])[2H])nn1-c1ncc(OC)c2c(C(=O)C(=O)N3C([2H])([2H])C([2H])([2H])N(c4nnnn4-c4ccccn4)C([2H])([2H])C3([2H])[2H])c[nH]c12. The molecule has 0 atom stereocenters. The number of ketones is 1. The second kappa shape index (κ2) is 9.34. The number of anilines is 1. The second-order valence-corrected chi connectivity index (χ2v) is 7.38. The number of nitrogens with zero attached hydrogens (tertiary/aromatic N) is 11. The number of pyridine rings is 2. The number of hydrogen-bond donors (Lipinski definition) is 1. The van der Waals surface area contributed by atoms with E-state index in [9.17, 15) is 9.59 Å². The highest BCUT2D eigenvalue weighted by Crippen LogP contribution is 2.32. The smallest absolute Gasteiger partial charge is 0.295 e. The average Bonchev–Trinajstić information content (AvgIpc) is 3.78. The summed E-state index contributed by atoms with van der Waals surface area (Å²) >= 11 is 0. The molecule has 1 N–H and O–H groups in total. The molecule has 0 radical (unpaired) electrons. The van der Waals surface area contributed by atoms with Crippen molar-refractivity contribution < 1.29 is 30.8 Å². The van der Waals surface area contributed by atoms with Crippen molar-refractivity contribution in [2.75, 3.05) is 38.0 Å². The van der Waals surface area contributed by atoms with Crippen molar-refractivity contribution in [1.82, 2.24) is 54.8 Å². The molecule has 0 aromatic carbocycles. The monoisotopic (exact) mass is 526 g/mol. The van der Waals surface area contributed by atoms with E-state index in [0.717, 1.165) is 21.8 Å². The predicted octanol–water partition coefficient (Wildman–Crippen LogP) is 0.363. The molecule has 1 saturated heterocycles. The first-order valence-corrected chi connectivity index (χ1v) is 10.6. The van der Waals surface area contributed by atoms with E-state index < -0.39 is 73.1 Å². The summed E-state index contributed by atoms with van der Waals surface area (Å²) in [7, 11) is 1.18. The van der Waals surface area contributed by atoms with Crippen LogP contribution in [0.1, 0.15) is 32.6 Å². The number of amides is 1. The molecule has 0 bridgehead atoms. The number of piperazine rings is 1. The molecule has 0 spiro atoms. The predicted molar refractivity (Wildman–Crippen MR) is 132 cm³/mol. The van der Waals surface area contributed by atoms with Gasteiger partial charge in [0.2, 0.25) is 0 Å². The summed E-state index contributed by atoms with van der Waals surface area (Å²) in [6.07, 6.45) is 2.64. The maximum absolute atomic E-state index is 13.9. The van der Waals surface area contributed by atoms with Gasteiger partial charge in [-0.25, -0.2) is 19.6 Å².